The van der Waals surface area contributed by atoms with E-state index >= 15 is 0 Å². The molecule has 1 aliphatic heterocycles. The Bertz CT molecular complexity index is 2710. The summed E-state index contributed by atoms with van der Waals surface area (Å²) in [6.45, 7) is 0. The molecule has 1 aliphatic rings. The van der Waals surface area contributed by atoms with Crippen molar-refractivity contribution in [1.29, 1.82) is 0 Å². The highest BCUT2D eigenvalue weighted by molar-refractivity contribution is 6.20. The summed E-state index contributed by atoms with van der Waals surface area (Å²) in [5, 5.41) is 12.0. The fourth-order valence-electron chi connectivity index (χ4n) is 7.56. The van der Waals surface area contributed by atoms with Crippen molar-refractivity contribution in [2.75, 3.05) is 0 Å². The Labute approximate surface area is 289 Å². The molecule has 0 saturated carbocycles. The van der Waals surface area contributed by atoms with Crippen LogP contribution in [-0.2, 0) is 0 Å². The van der Waals surface area contributed by atoms with Crippen LogP contribution >= 0.6 is 0 Å². The molecule has 0 amide bonds. The molecule has 2 atom stereocenters. The summed E-state index contributed by atoms with van der Waals surface area (Å²) in [6, 6.07) is 59.6. The topological polar surface area (TPSA) is 54.5 Å². The van der Waals surface area contributed by atoms with E-state index in [9.17, 15) is 0 Å². The minimum atomic E-state index is -0.224. The second-order valence-electron chi connectivity index (χ2n) is 12.8. The monoisotopic (exact) mass is 644 g/mol. The number of nitrogens with zero attached hydrogens (tertiary/aromatic N) is 2. The van der Waals surface area contributed by atoms with Crippen LogP contribution in [0.2, 0.25) is 0 Å². The molecule has 7 aromatic carbocycles. The maximum Gasteiger partial charge on any atom is 0.159 e. The number of rotatable bonds is 5. The molecule has 9 aromatic rings. The number of aromatic nitrogens is 1. The average molecular weight is 645 g/mol. The van der Waals surface area contributed by atoms with Crippen LogP contribution in [0, 0.1) is 0 Å². The van der Waals surface area contributed by atoms with Crippen LogP contribution in [-0.4, -0.2) is 10.4 Å². The summed E-state index contributed by atoms with van der Waals surface area (Å²) in [4.78, 5) is 5.27. The molecular weight excluding hydrogens is 613 g/mol. The van der Waals surface area contributed by atoms with Crippen LogP contribution in [0.4, 0.5) is 0 Å². The van der Waals surface area contributed by atoms with Gasteiger partial charge in [0.2, 0.25) is 0 Å². The Morgan fingerprint density at radius 1 is 0.540 bits per heavy atom. The van der Waals surface area contributed by atoms with E-state index in [4.69, 9.17) is 9.41 Å². The first-order chi connectivity index (χ1) is 24.8. The fraction of sp³-hybridized carbons (Fsp3) is 0.0444. The van der Waals surface area contributed by atoms with Crippen molar-refractivity contribution in [3.8, 4) is 16.8 Å². The number of furan rings is 1. The van der Waals surface area contributed by atoms with Crippen molar-refractivity contribution in [3.63, 3.8) is 0 Å². The smallest absolute Gasteiger partial charge is 0.159 e. The number of para-hydroxylation sites is 2. The molecule has 0 aliphatic carbocycles. The fourth-order valence-corrected chi connectivity index (χ4v) is 7.56. The summed E-state index contributed by atoms with van der Waals surface area (Å²) in [6.07, 6.45) is -0.354. The van der Waals surface area contributed by atoms with Crippen molar-refractivity contribution in [3.05, 3.63) is 187 Å². The Morgan fingerprint density at radius 2 is 1.22 bits per heavy atom. The lowest BCUT2D eigenvalue weighted by molar-refractivity contribution is 0.409. The van der Waals surface area contributed by atoms with Gasteiger partial charge in [0.25, 0.3) is 0 Å². The Hall–Kier alpha value is -6.43. The number of aliphatic imine (C=N–C) groups is 1. The average Bonchev–Trinajstić information content (AvgIpc) is 3.74. The highest BCUT2D eigenvalue weighted by Gasteiger charge is 2.27. The van der Waals surface area contributed by atoms with E-state index in [1.54, 1.807) is 0 Å². The van der Waals surface area contributed by atoms with Crippen LogP contribution in [0.25, 0.3) is 60.6 Å². The largest absolute Gasteiger partial charge is 0.454 e. The molecule has 3 heterocycles. The molecule has 10 rings (SSSR count). The highest BCUT2D eigenvalue weighted by Crippen LogP contribution is 2.40. The van der Waals surface area contributed by atoms with Crippen LogP contribution in [0.3, 0.4) is 0 Å². The number of fused-ring (bicyclic) bond motifs is 6. The van der Waals surface area contributed by atoms with Gasteiger partial charge in [-0.25, -0.2) is 4.99 Å². The van der Waals surface area contributed by atoms with Gasteiger partial charge in [-0.15, -0.1) is 0 Å². The quantitative estimate of drug-likeness (QED) is 0.196. The molecule has 5 nitrogen and oxygen atoms in total. The second kappa shape index (κ2) is 11.6. The first-order valence-electron chi connectivity index (χ1n) is 17.0. The molecule has 5 heteroatoms. The van der Waals surface area contributed by atoms with Gasteiger partial charge in [-0.1, -0.05) is 146 Å². The zero-order chi connectivity index (χ0) is 33.0. The normalized spacial score (nSPS) is 16.2. The lowest BCUT2D eigenvalue weighted by Gasteiger charge is -2.32. The third-order valence-corrected chi connectivity index (χ3v) is 9.89. The predicted molar refractivity (Wildman–Crippen MR) is 205 cm³/mol. The van der Waals surface area contributed by atoms with Crippen molar-refractivity contribution in [1.82, 2.24) is 15.2 Å². The van der Waals surface area contributed by atoms with Gasteiger partial charge in [0.15, 0.2) is 5.58 Å². The van der Waals surface area contributed by atoms with Gasteiger partial charge in [-0.2, -0.15) is 0 Å². The van der Waals surface area contributed by atoms with E-state index < -0.39 is 0 Å². The molecule has 0 saturated heterocycles. The summed E-state index contributed by atoms with van der Waals surface area (Å²) in [5.41, 5.74) is 10.6. The van der Waals surface area contributed by atoms with Crippen molar-refractivity contribution >= 4 is 49.6 Å². The van der Waals surface area contributed by atoms with E-state index in [-0.39, 0.29) is 12.3 Å². The molecule has 2 unspecified atom stereocenters. The predicted octanol–water partition coefficient (Wildman–Crippen LogP) is 10.7. The standard InChI is InChI=1S/C45H32N4O/c1-4-14-29(15-5-1)32-26-27-34-33-20-10-11-23-37(33)49(39(34)28-32)38-24-12-21-35-41-36(22-13-25-40(41)50-42(35)38)45-47-43(30-16-6-2-7-17-30)46-44(48-45)31-18-8-3-9-19-31/h1-28,43-44,46H,(H,47,48). The van der Waals surface area contributed by atoms with E-state index in [2.05, 4.69) is 173 Å². The molecule has 2 N–H and O–H groups in total. The summed E-state index contributed by atoms with van der Waals surface area (Å²) in [5.74, 6) is 0.828. The zero-order valence-electron chi connectivity index (χ0n) is 27.1. The minimum Gasteiger partial charge on any atom is -0.454 e. The van der Waals surface area contributed by atoms with E-state index in [0.29, 0.717) is 0 Å². The molecule has 238 valence electrons. The first-order valence-corrected chi connectivity index (χ1v) is 17.0. The third-order valence-electron chi connectivity index (χ3n) is 9.89. The Balaban J connectivity index is 1.19. The van der Waals surface area contributed by atoms with Gasteiger partial charge in [0.1, 0.15) is 23.8 Å². The van der Waals surface area contributed by atoms with Gasteiger partial charge in [0, 0.05) is 27.1 Å². The highest BCUT2D eigenvalue weighted by atomic mass is 16.3. The van der Waals surface area contributed by atoms with E-state index in [0.717, 1.165) is 61.2 Å². The van der Waals surface area contributed by atoms with Gasteiger partial charge in [-0.05, 0) is 46.5 Å². The number of hydrogen-bond acceptors (Lipinski definition) is 4. The van der Waals surface area contributed by atoms with Crippen LogP contribution in [0.1, 0.15) is 29.0 Å². The summed E-state index contributed by atoms with van der Waals surface area (Å²) in [7, 11) is 0. The third kappa shape index (κ3) is 4.63. The number of nitrogens with one attached hydrogen (secondary N) is 2. The number of amidine groups is 1. The first kappa shape index (κ1) is 28.6. The van der Waals surface area contributed by atoms with Gasteiger partial charge in [-0.3, -0.25) is 5.32 Å². The molecule has 0 radical (unpaired) electrons. The van der Waals surface area contributed by atoms with E-state index in [1.807, 2.05) is 12.1 Å². The van der Waals surface area contributed by atoms with Gasteiger partial charge >= 0.3 is 0 Å². The maximum absolute atomic E-state index is 6.86. The molecule has 2 aromatic heterocycles. The van der Waals surface area contributed by atoms with Crippen LogP contribution in [0.15, 0.2) is 179 Å². The molecular formula is C45H32N4O. The molecule has 0 fully saturated rings. The Morgan fingerprint density at radius 3 is 2.04 bits per heavy atom. The van der Waals surface area contributed by atoms with Crippen LogP contribution < -0.4 is 10.6 Å². The molecule has 0 spiro atoms. The molecule has 50 heavy (non-hydrogen) atoms. The number of hydrogen-bond donors (Lipinski definition) is 2. The minimum absolute atomic E-state index is 0.130. The van der Waals surface area contributed by atoms with Crippen molar-refractivity contribution in [2.24, 2.45) is 4.99 Å². The van der Waals surface area contributed by atoms with E-state index in [1.165, 1.54) is 21.9 Å². The lowest BCUT2D eigenvalue weighted by atomic mass is 10.0. The maximum atomic E-state index is 6.86. The van der Waals surface area contributed by atoms with Crippen molar-refractivity contribution in [2.45, 2.75) is 12.3 Å². The van der Waals surface area contributed by atoms with Gasteiger partial charge < -0.3 is 14.3 Å². The second-order valence-corrected chi connectivity index (χ2v) is 12.8. The summed E-state index contributed by atoms with van der Waals surface area (Å²) >= 11 is 0. The zero-order valence-corrected chi connectivity index (χ0v) is 27.1. The van der Waals surface area contributed by atoms with Crippen molar-refractivity contribution < 1.29 is 4.42 Å². The Kier molecular flexibility index (Phi) is 6.64. The SMILES string of the molecule is c1ccc(-c2ccc3c4ccccc4n(-c4cccc5c4oc4cccc(C6=NC(c7ccccc7)NC(c7ccccc7)N6)c45)c3c2)cc1. The molecule has 0 bridgehead atoms. The summed E-state index contributed by atoms with van der Waals surface area (Å²) < 4.78 is 9.22. The number of benzene rings is 7. The van der Waals surface area contributed by atoms with Crippen LogP contribution in [0.5, 0.6) is 0 Å². The van der Waals surface area contributed by atoms with Gasteiger partial charge in [0.05, 0.1) is 16.7 Å². The lowest BCUT2D eigenvalue weighted by Crippen LogP contribution is -2.45.